The summed E-state index contributed by atoms with van der Waals surface area (Å²) in [6.07, 6.45) is 4.20. The molecule has 1 N–H and O–H groups in total. The van der Waals surface area contributed by atoms with Crippen LogP contribution >= 0.6 is 0 Å². The molecule has 0 aliphatic carbocycles. The molecule has 3 nitrogen and oxygen atoms in total. The Morgan fingerprint density at radius 2 is 2.55 bits per heavy atom. The zero-order valence-electron chi connectivity index (χ0n) is 6.42. The summed E-state index contributed by atoms with van der Waals surface area (Å²) in [6, 6.07) is 0.624. The van der Waals surface area contributed by atoms with Crippen molar-refractivity contribution in [1.82, 2.24) is 15.1 Å². The van der Waals surface area contributed by atoms with E-state index in [9.17, 15) is 0 Å². The maximum atomic E-state index is 4.31. The number of nitrogens with zero attached hydrogens (tertiary/aromatic N) is 2. The van der Waals surface area contributed by atoms with Crippen molar-refractivity contribution in [2.75, 3.05) is 18.0 Å². The van der Waals surface area contributed by atoms with Crippen LogP contribution in [-0.2, 0) is 0 Å². The van der Waals surface area contributed by atoms with E-state index in [4.69, 9.17) is 0 Å². The van der Waals surface area contributed by atoms with E-state index in [1.807, 2.05) is 6.20 Å². The molecule has 1 aromatic rings. The average molecular weight is 264 g/mol. The van der Waals surface area contributed by atoms with Crippen LogP contribution in [0.15, 0.2) is 12.4 Å². The van der Waals surface area contributed by atoms with Crippen molar-refractivity contribution in [2.45, 2.75) is 6.04 Å². The van der Waals surface area contributed by atoms with Gasteiger partial charge in [-0.1, -0.05) is 0 Å². The van der Waals surface area contributed by atoms with Gasteiger partial charge < -0.3 is 0 Å². The van der Waals surface area contributed by atoms with E-state index in [-0.39, 0.29) is 21.2 Å². The number of aromatic nitrogens is 2. The molecule has 0 amide bonds. The van der Waals surface area contributed by atoms with Gasteiger partial charge in [0.1, 0.15) is 0 Å². The van der Waals surface area contributed by atoms with Crippen LogP contribution in [0.2, 0.25) is 0 Å². The number of nitrogens with one attached hydrogen (secondary N) is 1. The zero-order valence-corrected chi connectivity index (χ0v) is 8.58. The SMILES string of the molecule is C[I-]c1cnn(C2CNC2)c1. The molecule has 1 fully saturated rings. The van der Waals surface area contributed by atoms with Crippen LogP contribution in [-0.4, -0.2) is 27.8 Å². The van der Waals surface area contributed by atoms with Crippen molar-refractivity contribution in [3.63, 3.8) is 0 Å². The van der Waals surface area contributed by atoms with Crippen molar-refractivity contribution in [2.24, 2.45) is 0 Å². The molecule has 0 bridgehead atoms. The van der Waals surface area contributed by atoms with E-state index in [1.165, 1.54) is 3.57 Å². The number of rotatable bonds is 2. The number of hydrogen-bond acceptors (Lipinski definition) is 2. The van der Waals surface area contributed by atoms with Crippen molar-refractivity contribution < 1.29 is 21.2 Å². The van der Waals surface area contributed by atoms with Crippen LogP contribution in [0.25, 0.3) is 0 Å². The van der Waals surface area contributed by atoms with Gasteiger partial charge in [0, 0.05) is 0 Å². The van der Waals surface area contributed by atoms with Crippen LogP contribution in [0.3, 0.4) is 0 Å². The van der Waals surface area contributed by atoms with E-state index in [0.717, 1.165) is 13.1 Å². The Labute approximate surface area is 76.4 Å². The van der Waals surface area contributed by atoms with Crippen LogP contribution in [0.1, 0.15) is 6.04 Å². The molecule has 0 radical (unpaired) electrons. The second kappa shape index (κ2) is 3.10. The van der Waals surface area contributed by atoms with Gasteiger partial charge in [-0.05, 0) is 0 Å². The molecule has 1 saturated heterocycles. The summed E-state index contributed by atoms with van der Waals surface area (Å²) in [7, 11) is 0. The van der Waals surface area contributed by atoms with E-state index in [1.54, 1.807) is 0 Å². The Balaban J connectivity index is 2.11. The third-order valence-electron chi connectivity index (χ3n) is 1.92. The summed E-state index contributed by atoms with van der Waals surface area (Å²) >= 11 is 0.220. The predicted octanol–water partition coefficient (Wildman–Crippen LogP) is -3.08. The first-order valence-electron chi connectivity index (χ1n) is 3.64. The summed E-state index contributed by atoms with van der Waals surface area (Å²) in [5, 5.41) is 7.55. The van der Waals surface area contributed by atoms with Gasteiger partial charge in [0.2, 0.25) is 0 Å². The number of halogens is 1. The molecule has 2 heterocycles. The Bertz CT molecular complexity index is 242. The monoisotopic (exact) mass is 264 g/mol. The minimum atomic E-state index is 0.220. The molecule has 0 atom stereocenters. The van der Waals surface area contributed by atoms with E-state index in [0.29, 0.717) is 6.04 Å². The average Bonchev–Trinajstić information content (AvgIpc) is 2.32. The van der Waals surface area contributed by atoms with Crippen LogP contribution in [0.4, 0.5) is 0 Å². The van der Waals surface area contributed by atoms with Gasteiger partial charge in [-0.2, -0.15) is 0 Å². The summed E-state index contributed by atoms with van der Waals surface area (Å²) in [5.41, 5.74) is 0. The molecule has 62 valence electrons. The van der Waals surface area contributed by atoms with E-state index in [2.05, 4.69) is 26.2 Å². The second-order valence-corrected chi connectivity index (χ2v) is 4.96. The van der Waals surface area contributed by atoms with E-state index < -0.39 is 0 Å². The molecule has 1 aliphatic heterocycles. The molecule has 2 rings (SSSR count). The molecule has 0 unspecified atom stereocenters. The Morgan fingerprint density at radius 1 is 1.73 bits per heavy atom. The van der Waals surface area contributed by atoms with Crippen molar-refractivity contribution in [3.05, 3.63) is 16.0 Å². The van der Waals surface area contributed by atoms with Gasteiger partial charge in [0.15, 0.2) is 0 Å². The van der Waals surface area contributed by atoms with Gasteiger partial charge >= 0.3 is 76.3 Å². The van der Waals surface area contributed by atoms with Gasteiger partial charge in [-0.3, -0.25) is 0 Å². The number of hydrogen-bond donors (Lipinski definition) is 1. The fraction of sp³-hybridized carbons (Fsp3) is 0.571. The first-order chi connectivity index (χ1) is 5.40. The van der Waals surface area contributed by atoms with Crippen LogP contribution in [0.5, 0.6) is 0 Å². The Kier molecular flexibility index (Phi) is 2.13. The molecular weight excluding hydrogens is 253 g/mol. The summed E-state index contributed by atoms with van der Waals surface area (Å²) < 4.78 is 3.53. The molecule has 0 saturated carbocycles. The third kappa shape index (κ3) is 1.41. The fourth-order valence-electron chi connectivity index (χ4n) is 1.07. The van der Waals surface area contributed by atoms with Crippen molar-refractivity contribution in [1.29, 1.82) is 0 Å². The topological polar surface area (TPSA) is 29.9 Å². The predicted molar refractivity (Wildman–Crippen MR) is 38.8 cm³/mol. The number of alkyl halides is 1. The van der Waals surface area contributed by atoms with E-state index >= 15 is 0 Å². The first-order valence-corrected chi connectivity index (χ1v) is 6.88. The van der Waals surface area contributed by atoms with Crippen LogP contribution < -0.4 is 26.5 Å². The minimum absolute atomic E-state index is 0.220. The standard InChI is InChI=1S/C7H11IN3/c1-8-6-2-10-11(5-6)7-3-9-4-7/h2,5,7,9H,3-4H2,1H3/q-1. The third-order valence-corrected chi connectivity index (χ3v) is 3.72. The van der Waals surface area contributed by atoms with Gasteiger partial charge in [0.25, 0.3) is 0 Å². The van der Waals surface area contributed by atoms with Gasteiger partial charge in [-0.15, -0.1) is 0 Å². The maximum absolute atomic E-state index is 4.31. The molecule has 0 spiro atoms. The molecule has 0 aromatic carbocycles. The Morgan fingerprint density at radius 3 is 3.00 bits per heavy atom. The Hall–Kier alpha value is -0.100. The van der Waals surface area contributed by atoms with Crippen molar-refractivity contribution in [3.8, 4) is 0 Å². The molecule has 11 heavy (non-hydrogen) atoms. The first kappa shape index (κ1) is 7.54. The molecular formula is C7H11IN3-. The second-order valence-electron chi connectivity index (χ2n) is 2.64. The quantitative estimate of drug-likeness (QED) is 0.453. The van der Waals surface area contributed by atoms with Gasteiger partial charge in [0.05, 0.1) is 0 Å². The fourth-order valence-corrected chi connectivity index (χ4v) is 2.04. The molecule has 1 aliphatic rings. The summed E-state index contributed by atoms with van der Waals surface area (Å²) in [6.45, 7) is 2.17. The molecule has 4 heteroatoms. The zero-order chi connectivity index (χ0) is 7.68. The van der Waals surface area contributed by atoms with Gasteiger partial charge in [-0.25, -0.2) is 0 Å². The van der Waals surface area contributed by atoms with Crippen molar-refractivity contribution >= 4 is 0 Å². The summed E-state index contributed by atoms with van der Waals surface area (Å²) in [5.74, 6) is 0. The normalized spacial score (nSPS) is 18.6. The molecule has 1 aromatic heterocycles. The summed E-state index contributed by atoms with van der Waals surface area (Å²) in [4.78, 5) is 2.26. The van der Waals surface area contributed by atoms with Crippen LogP contribution in [0, 0.1) is 3.57 Å².